The van der Waals surface area contributed by atoms with E-state index in [-0.39, 0.29) is 17.8 Å². The molecular formula is C20H24ClN4O7P. The van der Waals surface area contributed by atoms with Gasteiger partial charge in [0.2, 0.25) is 0 Å². The molecule has 11 nitrogen and oxygen atoms in total. The molecule has 0 aliphatic carbocycles. The molecule has 5 atom stereocenters. The number of aromatic nitrogens is 3. The van der Waals surface area contributed by atoms with Crippen molar-refractivity contribution in [2.45, 2.75) is 37.5 Å². The summed E-state index contributed by atoms with van der Waals surface area (Å²) in [6.07, 6.45) is -4.13. The average Bonchev–Trinajstić information content (AvgIpc) is 3.29. The number of nitrogens with one attached hydrogen (secondary N) is 1. The van der Waals surface area contributed by atoms with E-state index in [0.717, 1.165) is 5.56 Å². The summed E-state index contributed by atoms with van der Waals surface area (Å²) in [4.78, 5) is 22.1. The maximum Gasteiger partial charge on any atom is 0.350 e. The van der Waals surface area contributed by atoms with Gasteiger partial charge in [-0.2, -0.15) is 5.10 Å². The molecule has 1 fully saturated rings. The van der Waals surface area contributed by atoms with Crippen molar-refractivity contribution in [1.82, 2.24) is 14.8 Å². The number of rotatable bonds is 8. The zero-order valence-corrected chi connectivity index (χ0v) is 19.2. The highest BCUT2D eigenvalue weighted by Crippen LogP contribution is 2.36. The molecule has 178 valence electrons. The summed E-state index contributed by atoms with van der Waals surface area (Å²) < 4.78 is 22.9. The fourth-order valence-corrected chi connectivity index (χ4v) is 4.24. The Kier molecular flexibility index (Phi) is 7.04. The van der Waals surface area contributed by atoms with Gasteiger partial charge in [-0.05, 0) is 18.6 Å². The zero-order chi connectivity index (χ0) is 23.8. The van der Waals surface area contributed by atoms with Gasteiger partial charge in [0.15, 0.2) is 11.9 Å². The number of ether oxygens (including phenoxy) is 2. The predicted octanol–water partition coefficient (Wildman–Crippen LogP) is 2.03. The van der Waals surface area contributed by atoms with Crippen LogP contribution in [0.5, 0.6) is 0 Å². The van der Waals surface area contributed by atoms with Gasteiger partial charge in [0.05, 0.1) is 23.9 Å². The van der Waals surface area contributed by atoms with E-state index < -0.39 is 38.5 Å². The molecule has 33 heavy (non-hydrogen) atoms. The Balaban J connectivity index is 1.57. The second kappa shape index (κ2) is 9.65. The van der Waals surface area contributed by atoms with Crippen molar-refractivity contribution >= 4 is 35.9 Å². The first-order valence-electron chi connectivity index (χ1n) is 10.1. The van der Waals surface area contributed by atoms with E-state index in [1.165, 1.54) is 4.68 Å². The summed E-state index contributed by atoms with van der Waals surface area (Å²) in [5.41, 5.74) is 2.09. The fourth-order valence-electron chi connectivity index (χ4n) is 3.71. The van der Waals surface area contributed by atoms with Crippen LogP contribution in [-0.4, -0.2) is 66.0 Å². The first-order valence-corrected chi connectivity index (χ1v) is 12.3. The van der Waals surface area contributed by atoms with Crippen molar-refractivity contribution < 1.29 is 34.0 Å². The van der Waals surface area contributed by atoms with Crippen LogP contribution in [0.2, 0.25) is 5.15 Å². The molecule has 1 saturated heterocycles. The molecule has 0 saturated carbocycles. The zero-order valence-electron chi connectivity index (χ0n) is 17.5. The number of fused-ring (bicyclic) bond motifs is 1. The van der Waals surface area contributed by atoms with Crippen LogP contribution in [0.25, 0.3) is 11.0 Å². The lowest BCUT2D eigenvalue weighted by atomic mass is 10.1. The van der Waals surface area contributed by atoms with Gasteiger partial charge in [0.25, 0.3) is 0 Å². The Bertz CT molecular complexity index is 1160. The third-order valence-electron chi connectivity index (χ3n) is 5.33. The highest BCUT2D eigenvalue weighted by molar-refractivity contribution is 7.51. The van der Waals surface area contributed by atoms with Gasteiger partial charge in [-0.15, -0.1) is 0 Å². The molecule has 4 rings (SSSR count). The number of hydrogen-bond acceptors (Lipinski definition) is 8. The van der Waals surface area contributed by atoms with Crippen LogP contribution < -0.4 is 5.32 Å². The Hall–Kier alpha value is -2.08. The molecule has 13 heteroatoms. The molecule has 0 spiro atoms. The van der Waals surface area contributed by atoms with E-state index in [2.05, 4.69) is 15.4 Å². The third kappa shape index (κ3) is 5.37. The van der Waals surface area contributed by atoms with Gasteiger partial charge < -0.3 is 34.8 Å². The number of aliphatic hydroxyl groups is 2. The molecule has 3 heterocycles. The number of aliphatic hydroxyl groups excluding tert-OH is 2. The molecule has 0 bridgehead atoms. The molecule has 2 aromatic heterocycles. The first kappa shape index (κ1) is 24.1. The highest BCUT2D eigenvalue weighted by atomic mass is 35.5. The van der Waals surface area contributed by atoms with Gasteiger partial charge in [0, 0.05) is 6.04 Å². The fraction of sp³-hybridized carbons (Fsp3) is 0.400. The maximum absolute atomic E-state index is 11.0. The van der Waals surface area contributed by atoms with Crippen LogP contribution in [0, 0.1) is 0 Å². The summed E-state index contributed by atoms with van der Waals surface area (Å²) in [7, 11) is -4.37. The molecule has 1 aliphatic heterocycles. The quantitative estimate of drug-likeness (QED) is 0.230. The standard InChI is InChI=1S/C20H24ClN4O7P/c1-11(12-5-3-2-4-6-12)23-14-7-16(21)24-19-13(14)8-22-25(19)20-18(27)17(26)15(32-20)9-31-10-33(28,29)30/h2-8,11,15,17-18,20,26-27H,9-10H2,1H3,(H,23,24)(H2,28,29,30)/t11?,15-,17-,18-,20-/m1/s1. The van der Waals surface area contributed by atoms with Crippen molar-refractivity contribution in [2.75, 3.05) is 18.3 Å². The van der Waals surface area contributed by atoms with E-state index in [1.807, 2.05) is 37.3 Å². The second-order valence-corrected chi connectivity index (χ2v) is 9.78. The van der Waals surface area contributed by atoms with E-state index in [4.69, 9.17) is 30.9 Å². The van der Waals surface area contributed by atoms with Gasteiger partial charge in [0.1, 0.15) is 29.8 Å². The largest absolute Gasteiger partial charge is 0.387 e. The van der Waals surface area contributed by atoms with Crippen LogP contribution in [0.4, 0.5) is 5.69 Å². The summed E-state index contributed by atoms with van der Waals surface area (Å²) >= 11 is 6.26. The molecular weight excluding hydrogens is 475 g/mol. The molecule has 0 amide bonds. The van der Waals surface area contributed by atoms with Gasteiger partial charge in [-0.25, -0.2) is 9.67 Å². The van der Waals surface area contributed by atoms with Crippen LogP contribution in [0.1, 0.15) is 24.8 Å². The van der Waals surface area contributed by atoms with Crippen LogP contribution in [-0.2, 0) is 14.0 Å². The van der Waals surface area contributed by atoms with E-state index in [1.54, 1.807) is 12.3 Å². The van der Waals surface area contributed by atoms with E-state index in [0.29, 0.717) is 16.7 Å². The smallest absolute Gasteiger partial charge is 0.350 e. The summed E-state index contributed by atoms with van der Waals surface area (Å²) in [5.74, 6) is 0. The monoisotopic (exact) mass is 498 g/mol. The summed E-state index contributed by atoms with van der Waals surface area (Å²) in [6, 6.07) is 11.5. The van der Waals surface area contributed by atoms with Crippen LogP contribution in [0.15, 0.2) is 42.6 Å². The minimum Gasteiger partial charge on any atom is -0.387 e. The third-order valence-corrected chi connectivity index (χ3v) is 6.04. The minimum absolute atomic E-state index is 0.0399. The van der Waals surface area contributed by atoms with Crippen molar-refractivity contribution in [3.05, 3.63) is 53.3 Å². The summed E-state index contributed by atoms with van der Waals surface area (Å²) in [5, 5.41) is 29.4. The number of anilines is 1. The lowest BCUT2D eigenvalue weighted by Gasteiger charge is -2.18. The van der Waals surface area contributed by atoms with E-state index >= 15 is 0 Å². The van der Waals surface area contributed by atoms with Gasteiger partial charge in [-0.3, -0.25) is 4.57 Å². The predicted molar refractivity (Wildman–Crippen MR) is 120 cm³/mol. The molecule has 1 aliphatic rings. The van der Waals surface area contributed by atoms with Gasteiger partial charge in [-0.1, -0.05) is 41.9 Å². The first-order chi connectivity index (χ1) is 15.6. The Morgan fingerprint density at radius 3 is 2.70 bits per heavy atom. The van der Waals surface area contributed by atoms with Crippen molar-refractivity contribution in [2.24, 2.45) is 0 Å². The maximum atomic E-state index is 11.0. The number of pyridine rings is 1. The molecule has 0 radical (unpaired) electrons. The van der Waals surface area contributed by atoms with E-state index in [9.17, 15) is 14.8 Å². The average molecular weight is 499 g/mol. The molecule has 1 aromatic carbocycles. The highest BCUT2D eigenvalue weighted by Gasteiger charge is 2.45. The van der Waals surface area contributed by atoms with Crippen LogP contribution in [0.3, 0.4) is 0 Å². The molecule has 3 aromatic rings. The Labute approximate surface area is 194 Å². The minimum atomic E-state index is -4.37. The van der Waals surface area contributed by atoms with Crippen molar-refractivity contribution in [3.8, 4) is 0 Å². The summed E-state index contributed by atoms with van der Waals surface area (Å²) in [6.45, 7) is 1.68. The normalized spacial score (nSPS) is 24.3. The van der Waals surface area contributed by atoms with Crippen LogP contribution >= 0.6 is 19.2 Å². The number of benzene rings is 1. The lowest BCUT2D eigenvalue weighted by Crippen LogP contribution is -2.34. The molecule has 1 unspecified atom stereocenters. The number of hydrogen-bond donors (Lipinski definition) is 5. The Morgan fingerprint density at radius 1 is 1.27 bits per heavy atom. The van der Waals surface area contributed by atoms with Gasteiger partial charge >= 0.3 is 7.60 Å². The SMILES string of the molecule is CC(Nc1cc(Cl)nc2c1cnn2[C@@H]1O[C@H](COCP(=O)(O)O)[C@@H](O)[C@H]1O)c1ccccc1. The topological polar surface area (TPSA) is 159 Å². The van der Waals surface area contributed by atoms with Crippen molar-refractivity contribution in [3.63, 3.8) is 0 Å². The van der Waals surface area contributed by atoms with Crippen molar-refractivity contribution in [1.29, 1.82) is 0 Å². The Morgan fingerprint density at radius 2 is 2.00 bits per heavy atom. The second-order valence-electron chi connectivity index (χ2n) is 7.81. The molecule has 5 N–H and O–H groups in total. The lowest BCUT2D eigenvalue weighted by molar-refractivity contribution is -0.0658. The number of halogens is 1. The number of nitrogens with zero attached hydrogens (tertiary/aromatic N) is 3.